The van der Waals surface area contributed by atoms with Crippen molar-refractivity contribution < 1.29 is 14.3 Å². The summed E-state index contributed by atoms with van der Waals surface area (Å²) in [5, 5.41) is 9.09. The van der Waals surface area contributed by atoms with Crippen LogP contribution in [0.2, 0.25) is 5.02 Å². The molecule has 0 aliphatic carbocycles. The molecule has 1 rings (SSSR count). The molecule has 1 aromatic rings. The molecule has 0 saturated heterocycles. The zero-order valence-corrected chi connectivity index (χ0v) is 10.6. The van der Waals surface area contributed by atoms with Crippen molar-refractivity contribution in [3.8, 4) is 0 Å². The molecule has 0 radical (unpaired) electrons. The maximum atomic E-state index is 13.4. The van der Waals surface area contributed by atoms with Gasteiger partial charge < -0.3 is 10.0 Å². The Morgan fingerprint density at radius 2 is 2.18 bits per heavy atom. The molecule has 5 heteroatoms. The first-order valence-corrected chi connectivity index (χ1v) is 5.63. The van der Waals surface area contributed by atoms with Crippen LogP contribution in [0.5, 0.6) is 0 Å². The van der Waals surface area contributed by atoms with Gasteiger partial charge in [-0.05, 0) is 30.2 Å². The quantitative estimate of drug-likeness (QED) is 0.900. The molecule has 0 atom stereocenters. The molecule has 0 aromatic heterocycles. The fourth-order valence-electron chi connectivity index (χ4n) is 1.44. The van der Waals surface area contributed by atoms with E-state index in [1.807, 2.05) is 0 Å². The minimum Gasteiger partial charge on any atom is -0.396 e. The van der Waals surface area contributed by atoms with E-state index in [-0.39, 0.29) is 31.3 Å². The van der Waals surface area contributed by atoms with Gasteiger partial charge in [0.1, 0.15) is 5.82 Å². The zero-order valence-electron chi connectivity index (χ0n) is 9.83. The summed E-state index contributed by atoms with van der Waals surface area (Å²) in [6.45, 7) is 1.67. The van der Waals surface area contributed by atoms with Crippen LogP contribution in [0.15, 0.2) is 12.1 Å². The summed E-state index contributed by atoms with van der Waals surface area (Å²) < 4.78 is 13.4. The SMILES string of the molecule is Cc1cc(Cl)c(CN(C)C(=O)CCO)cc1F. The number of halogens is 2. The lowest BCUT2D eigenvalue weighted by Crippen LogP contribution is -2.26. The first-order valence-electron chi connectivity index (χ1n) is 5.25. The highest BCUT2D eigenvalue weighted by Gasteiger charge is 2.12. The van der Waals surface area contributed by atoms with Gasteiger partial charge in [-0.15, -0.1) is 0 Å². The summed E-state index contributed by atoms with van der Waals surface area (Å²) in [7, 11) is 1.59. The van der Waals surface area contributed by atoms with Crippen LogP contribution in [0.1, 0.15) is 17.5 Å². The summed E-state index contributed by atoms with van der Waals surface area (Å²) in [5.74, 6) is -0.544. The highest BCUT2D eigenvalue weighted by molar-refractivity contribution is 6.31. The number of hydrogen-bond acceptors (Lipinski definition) is 2. The van der Waals surface area contributed by atoms with E-state index in [1.54, 1.807) is 14.0 Å². The van der Waals surface area contributed by atoms with Gasteiger partial charge in [-0.2, -0.15) is 0 Å². The summed E-state index contributed by atoms with van der Waals surface area (Å²) in [5.41, 5.74) is 1.03. The molecular formula is C12H15ClFNO2. The second kappa shape index (κ2) is 5.98. The fraction of sp³-hybridized carbons (Fsp3) is 0.417. The number of aliphatic hydroxyl groups is 1. The van der Waals surface area contributed by atoms with Gasteiger partial charge in [0.2, 0.25) is 5.91 Å². The van der Waals surface area contributed by atoms with Gasteiger partial charge in [-0.25, -0.2) is 4.39 Å². The molecule has 17 heavy (non-hydrogen) atoms. The number of amides is 1. The van der Waals surface area contributed by atoms with E-state index in [0.717, 1.165) is 0 Å². The summed E-state index contributed by atoms with van der Waals surface area (Å²) >= 11 is 5.97. The van der Waals surface area contributed by atoms with Crippen LogP contribution in [-0.4, -0.2) is 29.6 Å². The predicted octanol–water partition coefficient (Wildman–Crippen LogP) is 2.13. The van der Waals surface area contributed by atoms with Gasteiger partial charge in [0.15, 0.2) is 0 Å². The molecule has 0 aliphatic rings. The van der Waals surface area contributed by atoms with Crippen molar-refractivity contribution in [3.05, 3.63) is 34.1 Å². The lowest BCUT2D eigenvalue weighted by atomic mass is 10.1. The molecular weight excluding hydrogens is 245 g/mol. The van der Waals surface area contributed by atoms with Crippen molar-refractivity contribution in [1.82, 2.24) is 4.90 Å². The van der Waals surface area contributed by atoms with Crippen LogP contribution in [0.4, 0.5) is 4.39 Å². The van der Waals surface area contributed by atoms with Crippen LogP contribution in [-0.2, 0) is 11.3 Å². The maximum Gasteiger partial charge on any atom is 0.224 e. The Morgan fingerprint density at radius 1 is 1.53 bits per heavy atom. The average molecular weight is 260 g/mol. The number of hydrogen-bond donors (Lipinski definition) is 1. The smallest absolute Gasteiger partial charge is 0.224 e. The first kappa shape index (κ1) is 13.9. The molecule has 0 spiro atoms. The molecule has 3 nitrogen and oxygen atoms in total. The number of rotatable bonds is 4. The third kappa shape index (κ3) is 3.68. The minimum absolute atomic E-state index is 0.0580. The van der Waals surface area contributed by atoms with Crippen molar-refractivity contribution in [3.63, 3.8) is 0 Å². The molecule has 0 saturated carbocycles. The van der Waals surface area contributed by atoms with Crippen LogP contribution in [0.3, 0.4) is 0 Å². The highest BCUT2D eigenvalue weighted by atomic mass is 35.5. The van der Waals surface area contributed by atoms with Crippen LogP contribution in [0, 0.1) is 12.7 Å². The summed E-state index contributed by atoms with van der Waals surface area (Å²) in [6, 6.07) is 2.87. The largest absolute Gasteiger partial charge is 0.396 e. The van der Waals surface area contributed by atoms with Crippen molar-refractivity contribution >= 4 is 17.5 Å². The molecule has 0 aliphatic heterocycles. The van der Waals surface area contributed by atoms with Crippen molar-refractivity contribution in [2.24, 2.45) is 0 Å². The maximum absolute atomic E-state index is 13.4. The third-order valence-corrected chi connectivity index (χ3v) is 2.84. The normalized spacial score (nSPS) is 10.4. The molecule has 94 valence electrons. The van der Waals surface area contributed by atoms with Gasteiger partial charge in [0.25, 0.3) is 0 Å². The summed E-state index contributed by atoms with van der Waals surface area (Å²) in [6.07, 6.45) is 0.0580. The van der Waals surface area contributed by atoms with Crippen molar-refractivity contribution in [2.45, 2.75) is 19.9 Å². The van der Waals surface area contributed by atoms with E-state index in [2.05, 4.69) is 0 Å². The van der Waals surface area contributed by atoms with Crippen LogP contribution < -0.4 is 0 Å². The first-order chi connectivity index (χ1) is 7.95. The Bertz CT molecular complexity index is 423. The van der Waals surface area contributed by atoms with E-state index in [1.165, 1.54) is 17.0 Å². The lowest BCUT2D eigenvalue weighted by Gasteiger charge is -2.18. The number of carbonyl (C=O) groups is 1. The Morgan fingerprint density at radius 3 is 2.76 bits per heavy atom. The number of aliphatic hydroxyl groups excluding tert-OH is 1. The Balaban J connectivity index is 2.81. The molecule has 1 amide bonds. The van der Waals surface area contributed by atoms with Gasteiger partial charge in [-0.1, -0.05) is 11.6 Å². The average Bonchev–Trinajstić information content (AvgIpc) is 2.26. The standard InChI is InChI=1S/C12H15ClFNO2/c1-8-5-10(13)9(6-11(8)14)7-15(2)12(17)3-4-16/h5-6,16H,3-4,7H2,1-2H3. The van der Waals surface area contributed by atoms with Crippen LogP contribution in [0.25, 0.3) is 0 Å². The molecule has 0 fully saturated rings. The minimum atomic E-state index is -0.340. The molecule has 0 bridgehead atoms. The topological polar surface area (TPSA) is 40.5 Å². The van der Waals surface area contributed by atoms with Crippen molar-refractivity contribution in [2.75, 3.05) is 13.7 Å². The van der Waals surface area contributed by atoms with E-state index in [0.29, 0.717) is 16.1 Å². The predicted molar refractivity (Wildman–Crippen MR) is 64.3 cm³/mol. The lowest BCUT2D eigenvalue weighted by molar-refractivity contribution is -0.131. The molecule has 0 heterocycles. The van der Waals surface area contributed by atoms with Gasteiger partial charge >= 0.3 is 0 Å². The van der Waals surface area contributed by atoms with E-state index in [9.17, 15) is 9.18 Å². The number of aryl methyl sites for hydroxylation is 1. The number of carbonyl (C=O) groups excluding carboxylic acids is 1. The monoisotopic (exact) mass is 259 g/mol. The number of benzene rings is 1. The Kier molecular flexibility index (Phi) is 4.90. The van der Waals surface area contributed by atoms with Crippen molar-refractivity contribution in [1.29, 1.82) is 0 Å². The molecule has 0 unspecified atom stereocenters. The van der Waals surface area contributed by atoms with E-state index in [4.69, 9.17) is 16.7 Å². The second-order valence-electron chi connectivity index (χ2n) is 3.92. The van der Waals surface area contributed by atoms with Gasteiger partial charge in [0, 0.05) is 25.0 Å². The van der Waals surface area contributed by atoms with Gasteiger partial charge in [-0.3, -0.25) is 4.79 Å². The van der Waals surface area contributed by atoms with Crippen LogP contribution >= 0.6 is 11.6 Å². The number of nitrogens with zero attached hydrogens (tertiary/aromatic N) is 1. The molecule has 1 aromatic carbocycles. The van der Waals surface area contributed by atoms with E-state index < -0.39 is 0 Å². The second-order valence-corrected chi connectivity index (χ2v) is 4.32. The fourth-order valence-corrected chi connectivity index (χ4v) is 1.72. The highest BCUT2D eigenvalue weighted by Crippen LogP contribution is 2.21. The van der Waals surface area contributed by atoms with E-state index >= 15 is 0 Å². The Labute approximate surface area is 105 Å². The molecule has 1 N–H and O–H groups in total. The van der Waals surface area contributed by atoms with Gasteiger partial charge in [0.05, 0.1) is 6.61 Å². The summed E-state index contributed by atoms with van der Waals surface area (Å²) in [4.78, 5) is 12.8. The Hall–Kier alpha value is -1.13. The zero-order chi connectivity index (χ0) is 13.0. The third-order valence-electron chi connectivity index (χ3n) is 2.49.